The average Bonchev–Trinajstić information content (AvgIpc) is 3.21. The quantitative estimate of drug-likeness (QED) is 0.893. The van der Waals surface area contributed by atoms with Crippen molar-refractivity contribution in [3.8, 4) is 5.69 Å². The van der Waals surface area contributed by atoms with Gasteiger partial charge in [0.2, 0.25) is 11.8 Å². The van der Waals surface area contributed by atoms with Gasteiger partial charge in [0.1, 0.15) is 11.6 Å². The summed E-state index contributed by atoms with van der Waals surface area (Å²) in [6.07, 6.45) is 5.22. The van der Waals surface area contributed by atoms with E-state index in [-0.39, 0.29) is 24.4 Å². The Morgan fingerprint density at radius 3 is 2.67 bits per heavy atom. The van der Waals surface area contributed by atoms with E-state index in [1.165, 1.54) is 16.8 Å². The summed E-state index contributed by atoms with van der Waals surface area (Å²) in [5.41, 5.74) is 2.02. The summed E-state index contributed by atoms with van der Waals surface area (Å²) < 4.78 is 28.6. The molecule has 2 amide bonds. The SMILES string of the molecule is O=C(CN1CCCC1=O)N[C@H]1CCCc2c1cnn2-c1cc(F)cc(F)c1. The van der Waals surface area contributed by atoms with Gasteiger partial charge >= 0.3 is 0 Å². The molecule has 0 radical (unpaired) electrons. The number of likely N-dealkylation sites (tertiary alicyclic amines) is 1. The Morgan fingerprint density at radius 1 is 1.19 bits per heavy atom. The van der Waals surface area contributed by atoms with Gasteiger partial charge in [0.05, 0.1) is 24.5 Å². The normalized spacial score (nSPS) is 19.3. The summed E-state index contributed by atoms with van der Waals surface area (Å²) in [5.74, 6) is -1.52. The van der Waals surface area contributed by atoms with Gasteiger partial charge in [-0.3, -0.25) is 9.59 Å². The van der Waals surface area contributed by atoms with Gasteiger partial charge in [0.25, 0.3) is 0 Å². The van der Waals surface area contributed by atoms with Crippen molar-refractivity contribution in [2.75, 3.05) is 13.1 Å². The number of amides is 2. The molecule has 1 aromatic carbocycles. The largest absolute Gasteiger partial charge is 0.348 e. The van der Waals surface area contributed by atoms with E-state index in [0.29, 0.717) is 25.1 Å². The first kappa shape index (κ1) is 17.6. The van der Waals surface area contributed by atoms with Crippen molar-refractivity contribution in [1.29, 1.82) is 0 Å². The smallest absolute Gasteiger partial charge is 0.240 e. The van der Waals surface area contributed by atoms with E-state index < -0.39 is 11.6 Å². The summed E-state index contributed by atoms with van der Waals surface area (Å²) in [7, 11) is 0. The van der Waals surface area contributed by atoms with Crippen molar-refractivity contribution in [2.45, 2.75) is 38.1 Å². The van der Waals surface area contributed by atoms with Crippen LogP contribution in [0.4, 0.5) is 8.78 Å². The van der Waals surface area contributed by atoms with Crippen molar-refractivity contribution in [3.63, 3.8) is 0 Å². The van der Waals surface area contributed by atoms with Gasteiger partial charge in [-0.25, -0.2) is 13.5 Å². The van der Waals surface area contributed by atoms with Crippen LogP contribution in [0.1, 0.15) is 43.0 Å². The number of carbonyl (C=O) groups is 2. The summed E-state index contributed by atoms with van der Waals surface area (Å²) in [6.45, 7) is 0.680. The first-order chi connectivity index (χ1) is 13.0. The molecule has 1 aliphatic heterocycles. The summed E-state index contributed by atoms with van der Waals surface area (Å²) in [4.78, 5) is 25.6. The van der Waals surface area contributed by atoms with E-state index in [2.05, 4.69) is 10.4 Å². The summed E-state index contributed by atoms with van der Waals surface area (Å²) in [5, 5.41) is 7.27. The minimum atomic E-state index is -0.662. The molecule has 2 aromatic rings. The van der Waals surface area contributed by atoms with E-state index in [0.717, 1.165) is 36.6 Å². The minimum absolute atomic E-state index is 0.00966. The van der Waals surface area contributed by atoms with E-state index in [1.54, 1.807) is 11.1 Å². The van der Waals surface area contributed by atoms with Crippen LogP contribution in [0.2, 0.25) is 0 Å². The zero-order chi connectivity index (χ0) is 19.0. The predicted molar refractivity (Wildman–Crippen MR) is 93.1 cm³/mol. The monoisotopic (exact) mass is 374 g/mol. The van der Waals surface area contributed by atoms with Crippen LogP contribution in [0.25, 0.3) is 5.69 Å². The lowest BCUT2D eigenvalue weighted by atomic mass is 9.93. The molecule has 1 saturated heterocycles. The highest BCUT2D eigenvalue weighted by atomic mass is 19.1. The number of aromatic nitrogens is 2. The van der Waals surface area contributed by atoms with Crippen molar-refractivity contribution < 1.29 is 18.4 Å². The van der Waals surface area contributed by atoms with E-state index in [9.17, 15) is 18.4 Å². The zero-order valence-corrected chi connectivity index (χ0v) is 14.8. The maximum Gasteiger partial charge on any atom is 0.240 e. The molecule has 6 nitrogen and oxygen atoms in total. The summed E-state index contributed by atoms with van der Waals surface area (Å²) >= 11 is 0. The highest BCUT2D eigenvalue weighted by molar-refractivity contribution is 5.86. The zero-order valence-electron chi connectivity index (χ0n) is 14.8. The Hall–Kier alpha value is -2.77. The lowest BCUT2D eigenvalue weighted by molar-refractivity contribution is -0.133. The molecule has 1 aliphatic carbocycles. The van der Waals surface area contributed by atoms with Gasteiger partial charge in [-0.1, -0.05) is 0 Å². The Labute approximate surface area is 155 Å². The number of hydrogen-bond acceptors (Lipinski definition) is 3. The number of rotatable bonds is 4. The highest BCUT2D eigenvalue weighted by Gasteiger charge is 2.28. The lowest BCUT2D eigenvalue weighted by Crippen LogP contribution is -2.40. The molecule has 0 unspecified atom stereocenters. The maximum atomic E-state index is 13.6. The van der Waals surface area contributed by atoms with Crippen LogP contribution in [0.15, 0.2) is 24.4 Å². The standard InChI is InChI=1S/C19H20F2N4O2/c20-12-7-13(21)9-14(8-12)25-17-4-1-3-16(15(17)10-22-25)23-18(26)11-24-6-2-5-19(24)27/h7-10,16H,1-6,11H2,(H,23,26)/t16-/m0/s1. The summed E-state index contributed by atoms with van der Waals surface area (Å²) in [6, 6.07) is 3.07. The third-order valence-electron chi connectivity index (χ3n) is 5.12. The van der Waals surface area contributed by atoms with Crippen LogP contribution in [0.3, 0.4) is 0 Å². The third-order valence-corrected chi connectivity index (χ3v) is 5.12. The highest BCUT2D eigenvalue weighted by Crippen LogP contribution is 2.31. The number of nitrogens with one attached hydrogen (secondary N) is 1. The van der Waals surface area contributed by atoms with Crippen LogP contribution in [0.5, 0.6) is 0 Å². The number of hydrogen-bond donors (Lipinski definition) is 1. The van der Waals surface area contributed by atoms with Gasteiger partial charge in [0.15, 0.2) is 0 Å². The fourth-order valence-electron chi connectivity index (χ4n) is 3.88. The molecule has 2 aliphatic rings. The number of halogens is 2. The van der Waals surface area contributed by atoms with Gasteiger partial charge < -0.3 is 10.2 Å². The van der Waals surface area contributed by atoms with Crippen LogP contribution < -0.4 is 5.32 Å². The topological polar surface area (TPSA) is 67.2 Å². The molecule has 1 N–H and O–H groups in total. The molecule has 142 valence electrons. The Kier molecular flexibility index (Phi) is 4.63. The van der Waals surface area contributed by atoms with Crippen molar-refractivity contribution >= 4 is 11.8 Å². The first-order valence-electron chi connectivity index (χ1n) is 9.11. The lowest BCUT2D eigenvalue weighted by Gasteiger charge is -2.25. The van der Waals surface area contributed by atoms with Gasteiger partial charge in [-0.05, 0) is 37.8 Å². The van der Waals surface area contributed by atoms with Crippen molar-refractivity contribution in [1.82, 2.24) is 20.0 Å². The van der Waals surface area contributed by atoms with Crippen LogP contribution in [-0.2, 0) is 16.0 Å². The van der Waals surface area contributed by atoms with E-state index >= 15 is 0 Å². The van der Waals surface area contributed by atoms with Gasteiger partial charge in [-0.15, -0.1) is 0 Å². The second-order valence-corrected chi connectivity index (χ2v) is 7.02. The molecular formula is C19H20F2N4O2. The molecule has 1 aromatic heterocycles. The molecule has 1 atom stereocenters. The fourth-order valence-corrected chi connectivity index (χ4v) is 3.88. The molecule has 27 heavy (non-hydrogen) atoms. The van der Waals surface area contributed by atoms with Crippen LogP contribution >= 0.6 is 0 Å². The molecule has 0 spiro atoms. The molecule has 2 heterocycles. The average molecular weight is 374 g/mol. The van der Waals surface area contributed by atoms with E-state index in [1.807, 2.05) is 0 Å². The van der Waals surface area contributed by atoms with Crippen LogP contribution in [0, 0.1) is 11.6 Å². The number of fused-ring (bicyclic) bond motifs is 1. The van der Waals surface area contributed by atoms with Gasteiger partial charge in [0, 0.05) is 30.3 Å². The second kappa shape index (κ2) is 7.09. The molecule has 1 fully saturated rings. The Bertz CT molecular complexity index is 876. The van der Waals surface area contributed by atoms with Gasteiger partial charge in [-0.2, -0.15) is 5.10 Å². The second-order valence-electron chi connectivity index (χ2n) is 7.02. The molecule has 0 saturated carbocycles. The maximum absolute atomic E-state index is 13.6. The minimum Gasteiger partial charge on any atom is -0.348 e. The predicted octanol–water partition coefficient (Wildman–Crippen LogP) is 2.27. The number of benzene rings is 1. The molecule has 8 heteroatoms. The van der Waals surface area contributed by atoms with Crippen molar-refractivity contribution in [2.24, 2.45) is 0 Å². The van der Waals surface area contributed by atoms with Crippen molar-refractivity contribution in [3.05, 3.63) is 47.3 Å². The Balaban J connectivity index is 1.53. The van der Waals surface area contributed by atoms with E-state index in [4.69, 9.17) is 0 Å². The molecular weight excluding hydrogens is 354 g/mol. The molecule has 4 rings (SSSR count). The first-order valence-corrected chi connectivity index (χ1v) is 9.11. The Morgan fingerprint density at radius 2 is 1.96 bits per heavy atom. The van der Waals surface area contributed by atoms with Crippen LogP contribution in [-0.4, -0.2) is 39.6 Å². The molecule has 0 bridgehead atoms. The third kappa shape index (κ3) is 3.56. The number of carbonyl (C=O) groups excluding carboxylic acids is 2. The fraction of sp³-hybridized carbons (Fsp3) is 0.421. The number of nitrogens with zero attached hydrogens (tertiary/aromatic N) is 3.